The smallest absolute Gasteiger partial charge is 0.364 e. The van der Waals surface area contributed by atoms with E-state index in [4.69, 9.17) is 9.57 Å². The fourth-order valence-corrected chi connectivity index (χ4v) is 2.38. The molecule has 0 aromatic heterocycles. The number of nitrogens with zero attached hydrogens (tertiary/aromatic N) is 1. The molecule has 1 aliphatic carbocycles. The molecule has 1 fully saturated rings. The molecule has 0 unspecified atom stereocenters. The second kappa shape index (κ2) is 9.91. The van der Waals surface area contributed by atoms with E-state index >= 15 is 0 Å². The van der Waals surface area contributed by atoms with E-state index < -0.39 is 11.8 Å². The van der Waals surface area contributed by atoms with Gasteiger partial charge in [-0.15, -0.1) is 0 Å². The molecule has 0 spiro atoms. The van der Waals surface area contributed by atoms with Gasteiger partial charge >= 0.3 is 5.97 Å². The molecule has 0 radical (unpaired) electrons. The Labute approximate surface area is 128 Å². The van der Waals surface area contributed by atoms with Gasteiger partial charge < -0.3 is 9.57 Å². The normalized spacial score (nSPS) is 18.0. The maximum atomic E-state index is 11.7. The highest BCUT2D eigenvalue weighted by Gasteiger charge is 2.23. The van der Waals surface area contributed by atoms with Crippen LogP contribution >= 0.6 is 15.9 Å². The number of carbonyl (C=O) groups excluding carboxylic acids is 2. The molecule has 1 rings (SSSR count). The summed E-state index contributed by atoms with van der Waals surface area (Å²) in [6, 6.07) is 0. The summed E-state index contributed by atoms with van der Waals surface area (Å²) in [5, 5.41) is 3.80. The summed E-state index contributed by atoms with van der Waals surface area (Å²) in [4.78, 5) is 28.7. The van der Waals surface area contributed by atoms with Crippen molar-refractivity contribution in [2.45, 2.75) is 58.0 Å². The van der Waals surface area contributed by atoms with Gasteiger partial charge in [0, 0.05) is 0 Å². The van der Waals surface area contributed by atoms with Crippen LogP contribution in [0.2, 0.25) is 0 Å². The zero-order valence-electron chi connectivity index (χ0n) is 11.9. The molecule has 1 saturated carbocycles. The van der Waals surface area contributed by atoms with Crippen LogP contribution in [0.4, 0.5) is 0 Å². The van der Waals surface area contributed by atoms with Gasteiger partial charge in [-0.25, -0.2) is 4.79 Å². The Kier molecular flexibility index (Phi) is 8.49. The van der Waals surface area contributed by atoms with Crippen LogP contribution < -0.4 is 0 Å². The third-order valence-electron chi connectivity index (χ3n) is 3.20. The van der Waals surface area contributed by atoms with Gasteiger partial charge in [-0.3, -0.25) is 4.79 Å². The van der Waals surface area contributed by atoms with Crippen molar-refractivity contribution in [2.75, 3.05) is 11.9 Å². The van der Waals surface area contributed by atoms with Crippen LogP contribution in [-0.4, -0.2) is 35.5 Å². The summed E-state index contributed by atoms with van der Waals surface area (Å²) < 4.78 is 4.82. The van der Waals surface area contributed by atoms with E-state index in [1.807, 2.05) is 0 Å². The Balaban J connectivity index is 2.64. The lowest BCUT2D eigenvalue weighted by molar-refractivity contribution is -0.136. The van der Waals surface area contributed by atoms with Crippen molar-refractivity contribution >= 4 is 33.4 Å². The minimum absolute atomic E-state index is 0.0112. The van der Waals surface area contributed by atoms with E-state index in [2.05, 4.69) is 21.1 Å². The molecule has 20 heavy (non-hydrogen) atoms. The predicted molar refractivity (Wildman–Crippen MR) is 80.1 cm³/mol. The molecule has 5 nitrogen and oxygen atoms in total. The summed E-state index contributed by atoms with van der Waals surface area (Å²) in [5.74, 6) is -1.14. The number of Topliss-reactive ketones (excluding diaryl/α,β-unsaturated/α-hetero) is 1. The third kappa shape index (κ3) is 6.03. The summed E-state index contributed by atoms with van der Waals surface area (Å²) in [5.41, 5.74) is -0.259. The molecule has 6 heteroatoms. The van der Waals surface area contributed by atoms with Crippen molar-refractivity contribution < 1.29 is 19.2 Å². The molecule has 0 bridgehead atoms. The van der Waals surface area contributed by atoms with Crippen LogP contribution in [-0.2, 0) is 19.2 Å². The molecule has 0 aromatic carbocycles. The van der Waals surface area contributed by atoms with E-state index in [1.165, 1.54) is 19.3 Å². The minimum atomic E-state index is -0.720. The first-order valence-corrected chi connectivity index (χ1v) is 8.31. The van der Waals surface area contributed by atoms with Crippen LogP contribution in [0.3, 0.4) is 0 Å². The van der Waals surface area contributed by atoms with Crippen molar-refractivity contribution in [2.24, 2.45) is 5.16 Å². The molecule has 0 aliphatic heterocycles. The highest BCUT2D eigenvalue weighted by molar-refractivity contribution is 9.09. The third-order valence-corrected chi connectivity index (χ3v) is 3.71. The summed E-state index contributed by atoms with van der Waals surface area (Å²) in [6.45, 7) is 1.89. The van der Waals surface area contributed by atoms with Crippen LogP contribution in [0, 0.1) is 0 Å². The van der Waals surface area contributed by atoms with E-state index in [0.717, 1.165) is 25.7 Å². The molecule has 0 saturated heterocycles. The maximum absolute atomic E-state index is 11.7. The fraction of sp³-hybridized carbons (Fsp3) is 0.786. The number of carbonyl (C=O) groups is 2. The van der Waals surface area contributed by atoms with Crippen LogP contribution in [0.25, 0.3) is 0 Å². The number of hydrogen-bond donors (Lipinski definition) is 0. The van der Waals surface area contributed by atoms with E-state index in [1.54, 1.807) is 6.92 Å². The monoisotopic (exact) mass is 347 g/mol. The number of alkyl halides is 1. The van der Waals surface area contributed by atoms with Crippen LogP contribution in [0.15, 0.2) is 5.16 Å². The van der Waals surface area contributed by atoms with Gasteiger partial charge in [0.15, 0.2) is 0 Å². The van der Waals surface area contributed by atoms with Crippen molar-refractivity contribution in [3.05, 3.63) is 0 Å². The van der Waals surface area contributed by atoms with E-state index in [9.17, 15) is 9.59 Å². The zero-order chi connectivity index (χ0) is 14.8. The summed E-state index contributed by atoms with van der Waals surface area (Å²) >= 11 is 3.03. The Morgan fingerprint density at radius 2 is 1.75 bits per heavy atom. The Bertz CT molecular complexity index is 349. The number of halogens is 1. The number of oxime groups is 1. The number of rotatable bonds is 6. The van der Waals surface area contributed by atoms with Crippen molar-refractivity contribution in [3.63, 3.8) is 0 Å². The average Bonchev–Trinajstić information content (AvgIpc) is 2.40. The predicted octanol–water partition coefficient (Wildman–Crippen LogP) is 3.00. The van der Waals surface area contributed by atoms with Gasteiger partial charge in [0.25, 0.3) is 0 Å². The number of esters is 1. The summed E-state index contributed by atoms with van der Waals surface area (Å²) in [6.07, 6.45) is 7.70. The van der Waals surface area contributed by atoms with Crippen molar-refractivity contribution in [1.82, 2.24) is 0 Å². The molecule has 1 aliphatic rings. The van der Waals surface area contributed by atoms with Crippen molar-refractivity contribution in [1.29, 1.82) is 0 Å². The van der Waals surface area contributed by atoms with Gasteiger partial charge in [-0.05, 0) is 32.6 Å². The lowest BCUT2D eigenvalue weighted by Gasteiger charge is -2.17. The quantitative estimate of drug-likeness (QED) is 0.243. The maximum Gasteiger partial charge on any atom is 0.364 e. The molecule has 0 aromatic rings. The second-order valence-electron chi connectivity index (χ2n) is 4.79. The van der Waals surface area contributed by atoms with Crippen LogP contribution in [0.5, 0.6) is 0 Å². The van der Waals surface area contributed by atoms with E-state index in [0.29, 0.717) is 0 Å². The number of hydrogen-bond acceptors (Lipinski definition) is 5. The highest BCUT2D eigenvalue weighted by atomic mass is 79.9. The zero-order valence-corrected chi connectivity index (χ0v) is 13.5. The minimum Gasteiger partial charge on any atom is -0.461 e. The SMILES string of the molecule is CCOC(=O)C(=NOC1CCCCCCC1)C(=O)CBr. The largest absolute Gasteiger partial charge is 0.461 e. The second-order valence-corrected chi connectivity index (χ2v) is 5.35. The van der Waals surface area contributed by atoms with Gasteiger partial charge in [0.2, 0.25) is 11.5 Å². The van der Waals surface area contributed by atoms with Crippen molar-refractivity contribution in [3.8, 4) is 0 Å². The standard InChI is InChI=1S/C14H22BrNO4/c1-2-19-14(18)13(12(17)10-15)16-20-11-8-6-4-3-5-7-9-11/h11H,2-10H2,1H3. The van der Waals surface area contributed by atoms with Gasteiger partial charge in [0.1, 0.15) is 6.10 Å². The first kappa shape index (κ1) is 17.1. The Morgan fingerprint density at radius 1 is 1.15 bits per heavy atom. The van der Waals surface area contributed by atoms with Gasteiger partial charge in [-0.2, -0.15) is 0 Å². The summed E-state index contributed by atoms with van der Waals surface area (Å²) in [7, 11) is 0. The lowest BCUT2D eigenvalue weighted by Crippen LogP contribution is -2.28. The van der Waals surface area contributed by atoms with Gasteiger partial charge in [0.05, 0.1) is 11.9 Å². The molecule has 0 amide bonds. The first-order chi connectivity index (χ1) is 9.69. The number of ketones is 1. The highest BCUT2D eigenvalue weighted by Crippen LogP contribution is 2.19. The molecule has 114 valence electrons. The Morgan fingerprint density at radius 3 is 2.30 bits per heavy atom. The molecule has 0 heterocycles. The average molecular weight is 348 g/mol. The van der Waals surface area contributed by atoms with E-state index in [-0.39, 0.29) is 23.8 Å². The number of ether oxygens (including phenoxy) is 1. The Hall–Kier alpha value is -0.910. The fourth-order valence-electron chi connectivity index (χ4n) is 2.12. The van der Waals surface area contributed by atoms with Gasteiger partial charge in [-0.1, -0.05) is 40.3 Å². The topological polar surface area (TPSA) is 65.0 Å². The molecular weight excluding hydrogens is 326 g/mol. The lowest BCUT2D eigenvalue weighted by atomic mass is 9.99. The first-order valence-electron chi connectivity index (χ1n) is 7.19. The van der Waals surface area contributed by atoms with Crippen LogP contribution in [0.1, 0.15) is 51.9 Å². The molecule has 0 atom stereocenters. The molecular formula is C14H22BrNO4. The molecule has 0 N–H and O–H groups in total.